The molecule has 1 aliphatic rings. The highest BCUT2D eigenvalue weighted by atomic mass is 28.3. The van der Waals surface area contributed by atoms with Crippen molar-refractivity contribution in [1.82, 2.24) is 4.90 Å². The third-order valence-corrected chi connectivity index (χ3v) is 11.9. The van der Waals surface area contributed by atoms with Crippen LogP contribution in [0.15, 0.2) is 30.3 Å². The molecule has 0 radical (unpaired) electrons. The molecule has 106 valence electrons. The van der Waals surface area contributed by atoms with Crippen LogP contribution in [0.25, 0.3) is 0 Å². The molecular weight excluding hydrogens is 246 g/mol. The van der Waals surface area contributed by atoms with Gasteiger partial charge < -0.3 is 0 Å². The topological polar surface area (TPSA) is 3.24 Å². The van der Waals surface area contributed by atoms with E-state index in [4.69, 9.17) is 0 Å². The zero-order valence-corrected chi connectivity index (χ0v) is 14.2. The van der Waals surface area contributed by atoms with E-state index in [0.717, 1.165) is 12.1 Å². The monoisotopic (exact) mass is 275 g/mol. The first-order valence-electron chi connectivity index (χ1n) is 7.57. The van der Waals surface area contributed by atoms with Crippen molar-refractivity contribution < 1.29 is 0 Å². The minimum Gasteiger partial charge on any atom is -0.299 e. The van der Waals surface area contributed by atoms with Crippen LogP contribution in [0.5, 0.6) is 0 Å². The Morgan fingerprint density at radius 1 is 1.16 bits per heavy atom. The van der Waals surface area contributed by atoms with Crippen LogP contribution in [-0.2, 0) is 6.54 Å². The van der Waals surface area contributed by atoms with E-state index >= 15 is 0 Å². The first-order valence-corrected chi connectivity index (χ1v) is 10.6. The third kappa shape index (κ3) is 3.29. The van der Waals surface area contributed by atoms with Gasteiger partial charge in [0.05, 0.1) is 8.07 Å². The molecule has 1 nitrogen and oxygen atoms in total. The number of hydrogen-bond donors (Lipinski definition) is 0. The Kier molecular flexibility index (Phi) is 4.22. The molecule has 1 fully saturated rings. The molecule has 0 unspecified atom stereocenters. The standard InChI is InChI=1S/C17H29NSi/c1-17(2,3)19(4,5)16-11-12-18(14-16)13-15-9-7-6-8-10-15/h6-10,16H,11-14H2,1-5H3/t16-/m0/s1. The van der Waals surface area contributed by atoms with E-state index in [-0.39, 0.29) is 0 Å². The highest BCUT2D eigenvalue weighted by Crippen LogP contribution is 2.47. The van der Waals surface area contributed by atoms with E-state index in [1.165, 1.54) is 25.1 Å². The Balaban J connectivity index is 1.97. The van der Waals surface area contributed by atoms with Gasteiger partial charge in [-0.3, -0.25) is 4.90 Å². The molecule has 1 heterocycles. The van der Waals surface area contributed by atoms with E-state index in [0.29, 0.717) is 5.04 Å². The maximum absolute atomic E-state index is 2.65. The summed E-state index contributed by atoms with van der Waals surface area (Å²) in [7, 11) is -1.17. The maximum Gasteiger partial charge on any atom is 0.0572 e. The Labute approximate surface area is 120 Å². The van der Waals surface area contributed by atoms with Crippen molar-refractivity contribution in [3.8, 4) is 0 Å². The minimum absolute atomic E-state index is 0.514. The lowest BCUT2D eigenvalue weighted by atomic mass is 10.2. The summed E-state index contributed by atoms with van der Waals surface area (Å²) in [6.07, 6.45) is 1.41. The van der Waals surface area contributed by atoms with Crippen LogP contribution in [0.2, 0.25) is 23.7 Å². The van der Waals surface area contributed by atoms with Crippen LogP contribution >= 0.6 is 0 Å². The molecule has 0 bridgehead atoms. The Bertz CT molecular complexity index is 405. The van der Waals surface area contributed by atoms with E-state index in [9.17, 15) is 0 Å². The van der Waals surface area contributed by atoms with Crippen molar-refractivity contribution in [2.24, 2.45) is 0 Å². The number of benzene rings is 1. The lowest BCUT2D eigenvalue weighted by Gasteiger charge is -2.42. The Morgan fingerprint density at radius 3 is 2.37 bits per heavy atom. The van der Waals surface area contributed by atoms with Gasteiger partial charge in [0.1, 0.15) is 0 Å². The fourth-order valence-corrected chi connectivity index (χ4v) is 5.81. The molecule has 1 aliphatic heterocycles. The van der Waals surface area contributed by atoms with Gasteiger partial charge in [0.15, 0.2) is 0 Å². The number of nitrogens with zero attached hydrogens (tertiary/aromatic N) is 1. The molecule has 0 amide bonds. The highest BCUT2D eigenvalue weighted by molar-refractivity contribution is 6.81. The number of rotatable bonds is 3. The highest BCUT2D eigenvalue weighted by Gasteiger charge is 2.44. The average Bonchev–Trinajstić information content (AvgIpc) is 2.78. The first-order chi connectivity index (χ1) is 8.80. The van der Waals surface area contributed by atoms with Gasteiger partial charge in [-0.15, -0.1) is 0 Å². The summed E-state index contributed by atoms with van der Waals surface area (Å²) in [5.41, 5.74) is 2.41. The van der Waals surface area contributed by atoms with Crippen molar-refractivity contribution in [2.75, 3.05) is 13.1 Å². The van der Waals surface area contributed by atoms with Crippen LogP contribution in [0, 0.1) is 0 Å². The van der Waals surface area contributed by atoms with Crippen molar-refractivity contribution in [2.45, 2.75) is 57.4 Å². The fraction of sp³-hybridized carbons (Fsp3) is 0.647. The van der Waals surface area contributed by atoms with Crippen LogP contribution in [0.1, 0.15) is 32.8 Å². The van der Waals surface area contributed by atoms with E-state index in [1.54, 1.807) is 0 Å². The van der Waals surface area contributed by atoms with Crippen LogP contribution in [-0.4, -0.2) is 26.1 Å². The predicted molar refractivity (Wildman–Crippen MR) is 87.3 cm³/mol. The van der Waals surface area contributed by atoms with E-state index in [2.05, 4.69) is 69.1 Å². The molecule has 0 saturated carbocycles. The molecule has 2 rings (SSSR count). The summed E-state index contributed by atoms with van der Waals surface area (Å²) >= 11 is 0. The summed E-state index contributed by atoms with van der Waals surface area (Å²) in [6.45, 7) is 16.2. The largest absolute Gasteiger partial charge is 0.299 e. The van der Waals surface area contributed by atoms with Crippen LogP contribution < -0.4 is 0 Å². The Hall–Kier alpha value is -0.603. The van der Waals surface area contributed by atoms with E-state index in [1.807, 2.05) is 0 Å². The minimum atomic E-state index is -1.17. The fourth-order valence-electron chi connectivity index (χ4n) is 3.02. The van der Waals surface area contributed by atoms with Crippen molar-refractivity contribution in [3.05, 3.63) is 35.9 Å². The zero-order chi connectivity index (χ0) is 14.1. The lowest BCUT2D eigenvalue weighted by molar-refractivity contribution is 0.330. The summed E-state index contributed by atoms with van der Waals surface area (Å²) in [5, 5.41) is 0.514. The number of hydrogen-bond acceptors (Lipinski definition) is 1. The molecule has 0 aromatic heterocycles. The molecule has 0 N–H and O–H groups in total. The molecule has 1 aromatic rings. The van der Waals surface area contributed by atoms with Crippen LogP contribution in [0.4, 0.5) is 0 Å². The smallest absolute Gasteiger partial charge is 0.0572 e. The van der Waals surface area contributed by atoms with Crippen molar-refractivity contribution in [3.63, 3.8) is 0 Å². The van der Waals surface area contributed by atoms with Gasteiger partial charge in [-0.1, -0.05) is 64.2 Å². The SMILES string of the molecule is CC(C)(C)[Si](C)(C)[C@H]1CCN(Cc2ccccc2)C1. The van der Waals surface area contributed by atoms with Crippen molar-refractivity contribution >= 4 is 8.07 Å². The Morgan fingerprint density at radius 2 is 1.79 bits per heavy atom. The van der Waals surface area contributed by atoms with Gasteiger partial charge in [0, 0.05) is 6.54 Å². The average molecular weight is 276 g/mol. The lowest BCUT2D eigenvalue weighted by Crippen LogP contribution is -2.43. The maximum atomic E-state index is 2.65. The molecular formula is C17H29NSi. The summed E-state index contributed by atoms with van der Waals surface area (Å²) < 4.78 is 0. The van der Waals surface area contributed by atoms with Crippen LogP contribution in [0.3, 0.4) is 0 Å². The molecule has 19 heavy (non-hydrogen) atoms. The molecule has 1 aromatic carbocycles. The molecule has 2 heteroatoms. The predicted octanol–water partition coefficient (Wildman–Crippen LogP) is 4.77. The zero-order valence-electron chi connectivity index (χ0n) is 13.2. The second-order valence-corrected chi connectivity index (χ2v) is 13.4. The van der Waals surface area contributed by atoms with Gasteiger partial charge in [-0.25, -0.2) is 0 Å². The second-order valence-electron chi connectivity index (χ2n) is 7.68. The number of likely N-dealkylation sites (tertiary alicyclic amines) is 1. The summed E-state index contributed by atoms with van der Waals surface area (Å²) in [4.78, 5) is 2.65. The summed E-state index contributed by atoms with van der Waals surface area (Å²) in [6, 6.07) is 10.9. The van der Waals surface area contributed by atoms with Gasteiger partial charge in [0.2, 0.25) is 0 Å². The van der Waals surface area contributed by atoms with E-state index < -0.39 is 8.07 Å². The molecule has 0 aliphatic carbocycles. The van der Waals surface area contributed by atoms with Gasteiger partial charge in [-0.2, -0.15) is 0 Å². The second kappa shape index (κ2) is 5.41. The third-order valence-electron chi connectivity index (χ3n) is 5.48. The quantitative estimate of drug-likeness (QED) is 0.718. The first kappa shape index (κ1) is 14.8. The summed E-state index contributed by atoms with van der Waals surface area (Å²) in [5.74, 6) is 0. The van der Waals surface area contributed by atoms with Gasteiger partial charge in [0.25, 0.3) is 0 Å². The molecule has 0 spiro atoms. The van der Waals surface area contributed by atoms with Crippen molar-refractivity contribution in [1.29, 1.82) is 0 Å². The normalized spacial score (nSPS) is 21.8. The van der Waals surface area contributed by atoms with Gasteiger partial charge >= 0.3 is 0 Å². The molecule has 1 atom stereocenters. The van der Waals surface area contributed by atoms with Gasteiger partial charge in [-0.05, 0) is 35.7 Å². The molecule has 1 saturated heterocycles.